The number of hydrogen-bond donors (Lipinski definition) is 1. The molecule has 1 heterocycles. The zero-order chi connectivity index (χ0) is 13.0. The van der Waals surface area contributed by atoms with Crippen molar-refractivity contribution in [2.75, 3.05) is 40.2 Å². The van der Waals surface area contributed by atoms with E-state index in [1.165, 1.54) is 0 Å². The Hall–Kier alpha value is -0.910. The Kier molecular flexibility index (Phi) is 4.74. The fourth-order valence-corrected chi connectivity index (χ4v) is 2.71. The van der Waals surface area contributed by atoms with Gasteiger partial charge in [-0.25, -0.2) is 0 Å². The number of morpholine rings is 1. The summed E-state index contributed by atoms with van der Waals surface area (Å²) in [6, 6.07) is 4.12. The summed E-state index contributed by atoms with van der Waals surface area (Å²) in [7, 11) is 3.34. The van der Waals surface area contributed by atoms with Gasteiger partial charge < -0.3 is 19.5 Å². The zero-order valence-electron chi connectivity index (χ0n) is 11.0. The van der Waals surface area contributed by atoms with Crippen molar-refractivity contribution in [2.24, 2.45) is 0 Å². The molecule has 0 aromatic heterocycles. The Bertz CT molecular complexity index is 405. The number of hydrogen-bond acceptors (Lipinski definition) is 5. The van der Waals surface area contributed by atoms with Gasteiger partial charge in [-0.15, -0.1) is 11.8 Å². The summed E-state index contributed by atoms with van der Waals surface area (Å²) in [6.07, 6.45) is 2.05. The van der Waals surface area contributed by atoms with Crippen LogP contribution in [0.2, 0.25) is 0 Å². The number of ether oxygens (including phenoxy) is 3. The molecule has 5 heteroatoms. The average Bonchev–Trinajstić information content (AvgIpc) is 2.46. The predicted octanol–water partition coefficient (Wildman–Crippen LogP) is 2.09. The van der Waals surface area contributed by atoms with Gasteiger partial charge in [0, 0.05) is 18.7 Å². The Labute approximate surface area is 112 Å². The molecule has 0 spiro atoms. The molecule has 1 aromatic rings. The SMILES string of the molecule is COc1c(SC)ccc(C2CNCCO2)c1OC. The smallest absolute Gasteiger partial charge is 0.174 e. The van der Waals surface area contributed by atoms with Gasteiger partial charge in [-0.05, 0) is 12.3 Å². The van der Waals surface area contributed by atoms with Gasteiger partial charge in [-0.3, -0.25) is 0 Å². The first kappa shape index (κ1) is 13.5. The number of benzene rings is 1. The van der Waals surface area contributed by atoms with Crippen molar-refractivity contribution in [1.82, 2.24) is 5.32 Å². The summed E-state index contributed by atoms with van der Waals surface area (Å²) >= 11 is 1.64. The first-order chi connectivity index (χ1) is 8.81. The minimum Gasteiger partial charge on any atom is -0.492 e. The van der Waals surface area contributed by atoms with E-state index in [1.54, 1.807) is 26.0 Å². The molecule has 1 fully saturated rings. The maximum atomic E-state index is 5.77. The number of thioether (sulfide) groups is 1. The van der Waals surface area contributed by atoms with Crippen LogP contribution in [0.15, 0.2) is 17.0 Å². The van der Waals surface area contributed by atoms with Gasteiger partial charge in [-0.1, -0.05) is 6.07 Å². The fourth-order valence-electron chi connectivity index (χ4n) is 2.14. The van der Waals surface area contributed by atoms with Gasteiger partial charge in [0.05, 0.1) is 31.8 Å². The summed E-state index contributed by atoms with van der Waals surface area (Å²) in [5.74, 6) is 1.56. The van der Waals surface area contributed by atoms with Crippen LogP contribution in [0.25, 0.3) is 0 Å². The van der Waals surface area contributed by atoms with Gasteiger partial charge in [0.25, 0.3) is 0 Å². The molecule has 1 unspecified atom stereocenters. The van der Waals surface area contributed by atoms with Crippen molar-refractivity contribution in [3.05, 3.63) is 17.7 Å². The monoisotopic (exact) mass is 269 g/mol. The summed E-state index contributed by atoms with van der Waals surface area (Å²) < 4.78 is 16.8. The fraction of sp³-hybridized carbons (Fsp3) is 0.538. The van der Waals surface area contributed by atoms with Crippen LogP contribution in [0.1, 0.15) is 11.7 Å². The van der Waals surface area contributed by atoms with Gasteiger partial charge in [0.1, 0.15) is 0 Å². The van der Waals surface area contributed by atoms with Crippen LogP contribution in [0, 0.1) is 0 Å². The van der Waals surface area contributed by atoms with Crippen LogP contribution in [0.5, 0.6) is 11.5 Å². The Morgan fingerprint density at radius 2 is 2.06 bits per heavy atom. The second kappa shape index (κ2) is 6.31. The molecule has 18 heavy (non-hydrogen) atoms. The van der Waals surface area contributed by atoms with E-state index < -0.39 is 0 Å². The third-order valence-corrected chi connectivity index (χ3v) is 3.77. The van der Waals surface area contributed by atoms with Crippen molar-refractivity contribution in [3.8, 4) is 11.5 Å². The van der Waals surface area contributed by atoms with Gasteiger partial charge in [0.2, 0.25) is 0 Å². The molecule has 0 saturated carbocycles. The maximum Gasteiger partial charge on any atom is 0.174 e. The second-order valence-electron chi connectivity index (χ2n) is 3.99. The van der Waals surface area contributed by atoms with Crippen LogP contribution in [0.3, 0.4) is 0 Å². The highest BCUT2D eigenvalue weighted by Gasteiger charge is 2.23. The standard InChI is InChI=1S/C13H19NO3S/c1-15-12-9(10-8-14-6-7-17-10)4-5-11(18-3)13(12)16-2/h4-5,10,14H,6-8H2,1-3H3. The third kappa shape index (κ3) is 2.58. The van der Waals surface area contributed by atoms with Crippen molar-refractivity contribution < 1.29 is 14.2 Å². The largest absolute Gasteiger partial charge is 0.492 e. The van der Waals surface area contributed by atoms with E-state index in [0.717, 1.165) is 41.7 Å². The normalized spacial score (nSPS) is 19.6. The van der Waals surface area contributed by atoms with Crippen LogP contribution < -0.4 is 14.8 Å². The number of rotatable bonds is 4. The van der Waals surface area contributed by atoms with Crippen molar-refractivity contribution in [2.45, 2.75) is 11.0 Å². The summed E-state index contributed by atoms with van der Waals surface area (Å²) in [4.78, 5) is 1.07. The molecule has 0 amide bonds. The molecule has 0 aliphatic carbocycles. The van der Waals surface area contributed by atoms with Crippen molar-refractivity contribution >= 4 is 11.8 Å². The lowest BCUT2D eigenvalue weighted by molar-refractivity contribution is 0.0260. The van der Waals surface area contributed by atoms with Crippen LogP contribution >= 0.6 is 11.8 Å². The lowest BCUT2D eigenvalue weighted by atomic mass is 10.1. The third-order valence-electron chi connectivity index (χ3n) is 3.01. The van der Waals surface area contributed by atoms with Gasteiger partial charge >= 0.3 is 0 Å². The second-order valence-corrected chi connectivity index (χ2v) is 4.84. The Morgan fingerprint density at radius 3 is 2.61 bits per heavy atom. The van der Waals surface area contributed by atoms with Crippen LogP contribution in [-0.4, -0.2) is 40.2 Å². The maximum absolute atomic E-state index is 5.77. The van der Waals surface area contributed by atoms with E-state index in [-0.39, 0.29) is 6.10 Å². The average molecular weight is 269 g/mol. The van der Waals surface area contributed by atoms with Gasteiger partial charge in [-0.2, -0.15) is 0 Å². The highest BCUT2D eigenvalue weighted by atomic mass is 32.2. The minimum absolute atomic E-state index is 0.0264. The first-order valence-corrected chi connectivity index (χ1v) is 7.15. The first-order valence-electron chi connectivity index (χ1n) is 5.93. The number of nitrogens with one attached hydrogen (secondary N) is 1. The van der Waals surface area contributed by atoms with E-state index in [4.69, 9.17) is 14.2 Å². The molecule has 0 bridgehead atoms. The molecule has 1 aliphatic heterocycles. The molecular formula is C13H19NO3S. The summed E-state index contributed by atoms with van der Waals surface area (Å²) in [5, 5.41) is 3.32. The minimum atomic E-state index is 0.0264. The van der Waals surface area contributed by atoms with Crippen LogP contribution in [0.4, 0.5) is 0 Å². The summed E-state index contributed by atoms with van der Waals surface area (Å²) in [5.41, 5.74) is 1.04. The van der Waals surface area contributed by atoms with Crippen LogP contribution in [-0.2, 0) is 4.74 Å². The molecule has 1 saturated heterocycles. The predicted molar refractivity (Wildman–Crippen MR) is 72.9 cm³/mol. The zero-order valence-corrected chi connectivity index (χ0v) is 11.8. The highest BCUT2D eigenvalue weighted by Crippen LogP contribution is 2.42. The molecule has 100 valence electrons. The number of methoxy groups -OCH3 is 2. The molecule has 1 aromatic carbocycles. The molecule has 0 radical (unpaired) electrons. The molecule has 4 nitrogen and oxygen atoms in total. The highest BCUT2D eigenvalue weighted by molar-refractivity contribution is 7.98. The quantitative estimate of drug-likeness (QED) is 0.847. The van der Waals surface area contributed by atoms with E-state index >= 15 is 0 Å². The Balaban J connectivity index is 2.40. The topological polar surface area (TPSA) is 39.7 Å². The molecule has 1 N–H and O–H groups in total. The lowest BCUT2D eigenvalue weighted by Crippen LogP contribution is -2.33. The van der Waals surface area contributed by atoms with Gasteiger partial charge in [0.15, 0.2) is 11.5 Å². The Morgan fingerprint density at radius 1 is 1.28 bits per heavy atom. The molecular weight excluding hydrogens is 250 g/mol. The molecule has 1 aliphatic rings. The molecule has 2 rings (SSSR count). The summed E-state index contributed by atoms with van der Waals surface area (Å²) in [6.45, 7) is 2.43. The molecule has 1 atom stereocenters. The van der Waals surface area contributed by atoms with E-state index in [0.29, 0.717) is 0 Å². The van der Waals surface area contributed by atoms with E-state index in [2.05, 4.69) is 17.4 Å². The van der Waals surface area contributed by atoms with Crippen molar-refractivity contribution in [3.63, 3.8) is 0 Å². The van der Waals surface area contributed by atoms with Crippen molar-refractivity contribution in [1.29, 1.82) is 0 Å². The van der Waals surface area contributed by atoms with E-state index in [9.17, 15) is 0 Å². The van der Waals surface area contributed by atoms with E-state index in [1.807, 2.05) is 6.26 Å². The lowest BCUT2D eigenvalue weighted by Gasteiger charge is -2.26.